The van der Waals surface area contributed by atoms with E-state index in [2.05, 4.69) is 4.90 Å². The zero-order chi connectivity index (χ0) is 10.8. The summed E-state index contributed by atoms with van der Waals surface area (Å²) in [5, 5.41) is -1.53. The van der Waals surface area contributed by atoms with E-state index >= 15 is 0 Å². The number of piperidine rings is 1. The van der Waals surface area contributed by atoms with Gasteiger partial charge in [0.05, 0.1) is 0 Å². The molecule has 0 radical (unpaired) electrons. The first kappa shape index (κ1) is 11.9. The van der Waals surface area contributed by atoms with Gasteiger partial charge in [-0.2, -0.15) is 8.78 Å². The summed E-state index contributed by atoms with van der Waals surface area (Å²) in [6.45, 7) is 1.63. The molecule has 1 saturated heterocycles. The third-order valence-corrected chi connectivity index (χ3v) is 2.95. The number of carbonyl (C=O) groups excluding carboxylic acids is 1. The van der Waals surface area contributed by atoms with E-state index in [1.165, 1.54) is 0 Å². The zero-order valence-corrected chi connectivity index (χ0v) is 8.86. The van der Waals surface area contributed by atoms with E-state index in [0.717, 1.165) is 25.9 Å². The predicted octanol–water partition coefficient (Wildman–Crippen LogP) is 2.12. The average Bonchev–Trinajstić information content (AvgIpc) is 2.08. The summed E-state index contributed by atoms with van der Waals surface area (Å²) in [6.07, 6.45) is 1.04. The van der Waals surface area contributed by atoms with Gasteiger partial charge in [0.2, 0.25) is 0 Å². The van der Waals surface area contributed by atoms with E-state index in [1.807, 2.05) is 7.05 Å². The molecule has 1 aliphatic rings. The Morgan fingerprint density at radius 1 is 1.50 bits per heavy atom. The Hall–Kier alpha value is -0.220. The molecule has 1 fully saturated rings. The minimum atomic E-state index is -3.35. The van der Waals surface area contributed by atoms with Crippen LogP contribution < -0.4 is 0 Å². The first-order chi connectivity index (χ1) is 6.42. The van der Waals surface area contributed by atoms with Crippen molar-refractivity contribution in [1.29, 1.82) is 0 Å². The highest BCUT2D eigenvalue weighted by atomic mass is 35.5. The van der Waals surface area contributed by atoms with Crippen molar-refractivity contribution in [2.24, 2.45) is 5.92 Å². The van der Waals surface area contributed by atoms with Crippen molar-refractivity contribution in [3.63, 3.8) is 0 Å². The van der Waals surface area contributed by atoms with Crippen LogP contribution in [0.25, 0.3) is 0 Å². The molecule has 0 aromatic carbocycles. The minimum Gasteiger partial charge on any atom is -0.306 e. The molecule has 1 heterocycles. The van der Waals surface area contributed by atoms with Crippen LogP contribution in [0.1, 0.15) is 19.3 Å². The summed E-state index contributed by atoms with van der Waals surface area (Å²) in [6, 6.07) is 0. The number of hydrogen-bond acceptors (Lipinski definition) is 2. The molecule has 14 heavy (non-hydrogen) atoms. The van der Waals surface area contributed by atoms with Gasteiger partial charge >= 0.3 is 5.92 Å². The number of likely N-dealkylation sites (tertiary alicyclic amines) is 1. The first-order valence-corrected chi connectivity index (χ1v) is 5.06. The van der Waals surface area contributed by atoms with Gasteiger partial charge < -0.3 is 4.90 Å². The molecule has 0 aromatic rings. The topological polar surface area (TPSA) is 20.3 Å². The van der Waals surface area contributed by atoms with Crippen LogP contribution in [-0.4, -0.2) is 36.2 Å². The molecule has 1 aliphatic heterocycles. The lowest BCUT2D eigenvalue weighted by Gasteiger charge is -2.30. The molecule has 0 unspecified atom stereocenters. The second-order valence-electron chi connectivity index (χ2n) is 3.93. The Balaban J connectivity index is 2.41. The second-order valence-corrected chi connectivity index (χ2v) is 4.27. The Labute approximate surface area is 87.2 Å². The maximum absolute atomic E-state index is 12.9. The fourth-order valence-corrected chi connectivity index (χ4v) is 1.79. The van der Waals surface area contributed by atoms with Gasteiger partial charge in [-0.15, -0.1) is 0 Å². The van der Waals surface area contributed by atoms with E-state index in [4.69, 9.17) is 11.6 Å². The van der Waals surface area contributed by atoms with Crippen molar-refractivity contribution in [3.8, 4) is 0 Å². The molecular weight excluding hydrogens is 212 g/mol. The Kier molecular flexibility index (Phi) is 3.84. The molecule has 0 bridgehead atoms. The lowest BCUT2D eigenvalue weighted by molar-refractivity contribution is -0.136. The monoisotopic (exact) mass is 225 g/mol. The van der Waals surface area contributed by atoms with Crippen molar-refractivity contribution in [3.05, 3.63) is 0 Å². The standard InChI is InChI=1S/C9H14ClF2NO/c1-13-4-2-7(3-5-13)6-9(11,12)8(10)14/h7H,2-6H2,1H3. The second kappa shape index (κ2) is 4.53. The SMILES string of the molecule is CN1CCC(CC(F)(F)C(=O)Cl)CC1. The van der Waals surface area contributed by atoms with Crippen molar-refractivity contribution < 1.29 is 13.6 Å². The maximum Gasteiger partial charge on any atom is 0.320 e. The predicted molar refractivity (Wildman–Crippen MR) is 50.6 cm³/mol. The lowest BCUT2D eigenvalue weighted by Crippen LogP contribution is -2.35. The molecule has 2 nitrogen and oxygen atoms in total. The third-order valence-electron chi connectivity index (χ3n) is 2.67. The van der Waals surface area contributed by atoms with Crippen molar-refractivity contribution in [2.45, 2.75) is 25.2 Å². The normalized spacial score (nSPS) is 21.1. The van der Waals surface area contributed by atoms with Gasteiger partial charge in [0, 0.05) is 6.42 Å². The fraction of sp³-hybridized carbons (Fsp3) is 0.889. The largest absolute Gasteiger partial charge is 0.320 e. The fourth-order valence-electron chi connectivity index (χ4n) is 1.71. The van der Waals surface area contributed by atoms with E-state index in [1.54, 1.807) is 0 Å². The molecule has 0 atom stereocenters. The van der Waals surface area contributed by atoms with Crippen LogP contribution in [0.3, 0.4) is 0 Å². The molecule has 0 spiro atoms. The molecule has 0 N–H and O–H groups in total. The zero-order valence-electron chi connectivity index (χ0n) is 8.10. The van der Waals surface area contributed by atoms with Gasteiger partial charge in [0.25, 0.3) is 5.24 Å². The molecule has 5 heteroatoms. The van der Waals surface area contributed by atoms with Gasteiger partial charge in [-0.25, -0.2) is 0 Å². The molecule has 0 aliphatic carbocycles. The molecule has 1 rings (SSSR count). The molecule has 0 amide bonds. The summed E-state index contributed by atoms with van der Waals surface area (Å²) in [7, 11) is 1.96. The van der Waals surface area contributed by atoms with Gasteiger partial charge in [0.1, 0.15) is 0 Å². The molecule has 82 valence electrons. The average molecular weight is 226 g/mol. The summed E-state index contributed by atoms with van der Waals surface area (Å²) >= 11 is 4.82. The van der Waals surface area contributed by atoms with Gasteiger partial charge in [-0.05, 0) is 50.5 Å². The quantitative estimate of drug-likeness (QED) is 0.686. The van der Waals surface area contributed by atoms with E-state index in [-0.39, 0.29) is 5.92 Å². The van der Waals surface area contributed by atoms with Gasteiger partial charge in [-0.3, -0.25) is 4.79 Å². The number of halogens is 3. The summed E-state index contributed by atoms with van der Waals surface area (Å²) in [5.41, 5.74) is 0. The van der Waals surface area contributed by atoms with Gasteiger partial charge in [0.15, 0.2) is 0 Å². The van der Waals surface area contributed by atoms with Crippen LogP contribution in [0, 0.1) is 5.92 Å². The number of carbonyl (C=O) groups is 1. The first-order valence-electron chi connectivity index (χ1n) is 4.68. The molecule has 0 aromatic heterocycles. The summed E-state index contributed by atoms with van der Waals surface area (Å²) in [5.74, 6) is -3.42. The Bertz CT molecular complexity index is 215. The molecular formula is C9H14ClF2NO. The van der Waals surface area contributed by atoms with Crippen molar-refractivity contribution >= 4 is 16.8 Å². The highest BCUT2D eigenvalue weighted by Crippen LogP contribution is 2.31. The van der Waals surface area contributed by atoms with Crippen molar-refractivity contribution in [2.75, 3.05) is 20.1 Å². The van der Waals surface area contributed by atoms with Crippen LogP contribution in [0.2, 0.25) is 0 Å². The number of nitrogens with zero attached hydrogens (tertiary/aromatic N) is 1. The van der Waals surface area contributed by atoms with Gasteiger partial charge in [-0.1, -0.05) is 0 Å². The van der Waals surface area contributed by atoms with Crippen LogP contribution in [0.15, 0.2) is 0 Å². The van der Waals surface area contributed by atoms with Crippen LogP contribution in [0.4, 0.5) is 8.78 Å². The van der Waals surface area contributed by atoms with Crippen molar-refractivity contribution in [1.82, 2.24) is 4.90 Å². The third kappa shape index (κ3) is 3.17. The number of alkyl halides is 2. The summed E-state index contributed by atoms with van der Waals surface area (Å²) in [4.78, 5) is 12.5. The Morgan fingerprint density at radius 3 is 2.43 bits per heavy atom. The number of hydrogen-bond donors (Lipinski definition) is 0. The smallest absolute Gasteiger partial charge is 0.306 e. The summed E-state index contributed by atoms with van der Waals surface area (Å²) < 4.78 is 25.9. The van der Waals surface area contributed by atoms with E-state index in [0.29, 0.717) is 0 Å². The minimum absolute atomic E-state index is 0.0797. The highest BCUT2D eigenvalue weighted by Gasteiger charge is 2.40. The van der Waals surface area contributed by atoms with Crippen LogP contribution in [-0.2, 0) is 4.79 Å². The number of rotatable bonds is 3. The van der Waals surface area contributed by atoms with E-state index < -0.39 is 17.6 Å². The van der Waals surface area contributed by atoms with Crippen LogP contribution >= 0.6 is 11.6 Å². The maximum atomic E-state index is 12.9. The Morgan fingerprint density at radius 2 is 2.00 bits per heavy atom. The molecule has 0 saturated carbocycles. The van der Waals surface area contributed by atoms with E-state index in [9.17, 15) is 13.6 Å². The van der Waals surface area contributed by atoms with Crippen LogP contribution in [0.5, 0.6) is 0 Å². The lowest BCUT2D eigenvalue weighted by atomic mass is 9.91. The highest BCUT2D eigenvalue weighted by molar-refractivity contribution is 6.65.